The zero-order chi connectivity index (χ0) is 11.3. The summed E-state index contributed by atoms with van der Waals surface area (Å²) in [5.41, 5.74) is 0.582. The Morgan fingerprint density at radius 1 is 1.20 bits per heavy atom. The summed E-state index contributed by atoms with van der Waals surface area (Å²) in [6.07, 6.45) is -1.22. The lowest BCUT2D eigenvalue weighted by Gasteiger charge is -2.11. The van der Waals surface area contributed by atoms with Crippen LogP contribution in [0.25, 0.3) is 0 Å². The van der Waals surface area contributed by atoms with Gasteiger partial charge in [-0.1, -0.05) is 30.3 Å². The molecule has 5 nitrogen and oxygen atoms in total. The summed E-state index contributed by atoms with van der Waals surface area (Å²) in [5, 5.41) is 19.4. The number of aliphatic carboxylic acids is 1. The number of hydrogen-bond acceptors (Lipinski definition) is 2. The molecule has 0 aliphatic rings. The molecule has 0 unspecified atom stereocenters. The molecule has 1 amide bonds. The predicted octanol–water partition coefficient (Wildman–Crippen LogP) is 1.12. The zero-order valence-electron chi connectivity index (χ0n) is 7.88. The second kappa shape index (κ2) is 4.99. The van der Waals surface area contributed by atoms with Crippen molar-refractivity contribution in [2.24, 2.45) is 0 Å². The van der Waals surface area contributed by atoms with Crippen molar-refractivity contribution in [3.8, 4) is 0 Å². The van der Waals surface area contributed by atoms with Gasteiger partial charge in [-0.3, -0.25) is 4.79 Å². The van der Waals surface area contributed by atoms with Crippen LogP contribution in [0.2, 0.25) is 0 Å². The molecular weight excluding hydrogens is 198 g/mol. The Bertz CT molecular complexity index is 350. The molecule has 1 aromatic carbocycles. The van der Waals surface area contributed by atoms with Crippen LogP contribution in [0.15, 0.2) is 30.3 Å². The van der Waals surface area contributed by atoms with Crippen LogP contribution in [0.5, 0.6) is 0 Å². The van der Waals surface area contributed by atoms with E-state index >= 15 is 0 Å². The zero-order valence-corrected chi connectivity index (χ0v) is 7.88. The molecule has 0 aliphatic heterocycles. The molecule has 1 atom stereocenters. The molecular formula is C10H11NO4. The van der Waals surface area contributed by atoms with Crippen molar-refractivity contribution in [2.75, 3.05) is 6.54 Å². The Balaban J connectivity index is 2.75. The number of benzene rings is 1. The van der Waals surface area contributed by atoms with E-state index in [4.69, 9.17) is 10.2 Å². The van der Waals surface area contributed by atoms with E-state index in [9.17, 15) is 9.59 Å². The number of amides is 1. The lowest BCUT2D eigenvalue weighted by molar-refractivity contribution is -0.138. The van der Waals surface area contributed by atoms with Crippen LogP contribution >= 0.6 is 0 Å². The predicted molar refractivity (Wildman–Crippen MR) is 52.8 cm³/mol. The summed E-state index contributed by atoms with van der Waals surface area (Å²) in [6, 6.07) is 8.51. The lowest BCUT2D eigenvalue weighted by atomic mass is 9.99. The smallest absolute Gasteiger partial charge is 0.404 e. The van der Waals surface area contributed by atoms with Crippen molar-refractivity contribution in [3.63, 3.8) is 0 Å². The van der Waals surface area contributed by atoms with E-state index < -0.39 is 18.0 Å². The van der Waals surface area contributed by atoms with Crippen LogP contribution in [0, 0.1) is 0 Å². The van der Waals surface area contributed by atoms with Gasteiger partial charge in [0.15, 0.2) is 0 Å². The first-order valence-corrected chi connectivity index (χ1v) is 4.36. The third kappa shape index (κ3) is 3.30. The Labute approximate surface area is 86.4 Å². The molecule has 0 saturated carbocycles. The maximum absolute atomic E-state index is 10.9. The minimum atomic E-state index is -1.22. The molecule has 1 rings (SSSR count). The summed E-state index contributed by atoms with van der Waals surface area (Å²) >= 11 is 0. The minimum Gasteiger partial charge on any atom is -0.481 e. The van der Waals surface area contributed by atoms with Crippen molar-refractivity contribution < 1.29 is 19.8 Å². The molecule has 0 bridgehead atoms. The van der Waals surface area contributed by atoms with E-state index in [1.165, 1.54) is 0 Å². The molecule has 0 aliphatic carbocycles. The molecule has 0 aromatic heterocycles. The summed E-state index contributed by atoms with van der Waals surface area (Å²) in [7, 11) is 0. The van der Waals surface area contributed by atoms with Crippen molar-refractivity contribution in [1.82, 2.24) is 5.32 Å². The standard InChI is InChI=1S/C10H11NO4/c12-9(13)8(6-11-10(14)15)7-4-2-1-3-5-7/h1-5,8,11H,6H2,(H,12,13)(H,14,15)/t8-/m0/s1. The van der Waals surface area contributed by atoms with Gasteiger partial charge in [0.2, 0.25) is 0 Å². The maximum Gasteiger partial charge on any atom is 0.404 e. The van der Waals surface area contributed by atoms with Gasteiger partial charge in [0.1, 0.15) is 0 Å². The van der Waals surface area contributed by atoms with Crippen molar-refractivity contribution in [1.29, 1.82) is 0 Å². The number of carboxylic acid groups (broad SMARTS) is 2. The Morgan fingerprint density at radius 3 is 2.27 bits per heavy atom. The molecule has 0 spiro atoms. The number of carboxylic acids is 1. The van der Waals surface area contributed by atoms with Gasteiger partial charge in [0, 0.05) is 6.54 Å². The minimum absolute atomic E-state index is 0.130. The highest BCUT2D eigenvalue weighted by atomic mass is 16.4. The highest BCUT2D eigenvalue weighted by molar-refractivity contribution is 5.77. The van der Waals surface area contributed by atoms with Crippen molar-refractivity contribution >= 4 is 12.1 Å². The van der Waals surface area contributed by atoms with Crippen LogP contribution < -0.4 is 5.32 Å². The topological polar surface area (TPSA) is 86.6 Å². The van der Waals surface area contributed by atoms with Gasteiger partial charge in [0.05, 0.1) is 5.92 Å². The first kappa shape index (κ1) is 11.0. The van der Waals surface area contributed by atoms with Gasteiger partial charge in [-0.15, -0.1) is 0 Å². The van der Waals surface area contributed by atoms with Gasteiger partial charge in [-0.2, -0.15) is 0 Å². The monoisotopic (exact) mass is 209 g/mol. The molecule has 0 heterocycles. The normalized spacial score (nSPS) is 11.7. The van der Waals surface area contributed by atoms with E-state index in [-0.39, 0.29) is 6.54 Å². The number of hydrogen-bond donors (Lipinski definition) is 3. The molecule has 0 saturated heterocycles. The summed E-state index contributed by atoms with van der Waals surface area (Å²) in [4.78, 5) is 21.1. The number of nitrogens with one attached hydrogen (secondary N) is 1. The SMILES string of the molecule is O=C(O)NC[C@H](C(=O)O)c1ccccc1. The number of carbonyl (C=O) groups is 2. The fraction of sp³-hybridized carbons (Fsp3) is 0.200. The summed E-state index contributed by atoms with van der Waals surface area (Å²) in [6.45, 7) is -0.130. The van der Waals surface area contributed by atoms with Crippen LogP contribution in [-0.2, 0) is 4.79 Å². The fourth-order valence-electron chi connectivity index (χ4n) is 1.22. The van der Waals surface area contributed by atoms with Gasteiger partial charge in [0.25, 0.3) is 0 Å². The van der Waals surface area contributed by atoms with Crippen LogP contribution in [0.1, 0.15) is 11.5 Å². The molecule has 15 heavy (non-hydrogen) atoms. The third-order valence-corrected chi connectivity index (χ3v) is 1.96. The highest BCUT2D eigenvalue weighted by Gasteiger charge is 2.19. The summed E-state index contributed by atoms with van der Waals surface area (Å²) in [5.74, 6) is -1.89. The van der Waals surface area contributed by atoms with Crippen molar-refractivity contribution in [2.45, 2.75) is 5.92 Å². The lowest BCUT2D eigenvalue weighted by Crippen LogP contribution is -2.30. The Morgan fingerprint density at radius 2 is 1.80 bits per heavy atom. The van der Waals surface area contributed by atoms with Gasteiger partial charge < -0.3 is 15.5 Å². The van der Waals surface area contributed by atoms with Gasteiger partial charge >= 0.3 is 12.1 Å². The van der Waals surface area contributed by atoms with Crippen LogP contribution in [-0.4, -0.2) is 28.8 Å². The van der Waals surface area contributed by atoms with Gasteiger partial charge in [-0.25, -0.2) is 4.79 Å². The second-order valence-corrected chi connectivity index (χ2v) is 2.99. The Kier molecular flexibility index (Phi) is 3.68. The first-order chi connectivity index (χ1) is 7.11. The van der Waals surface area contributed by atoms with E-state index in [0.717, 1.165) is 0 Å². The number of rotatable bonds is 4. The third-order valence-electron chi connectivity index (χ3n) is 1.96. The summed E-state index contributed by atoms with van der Waals surface area (Å²) < 4.78 is 0. The first-order valence-electron chi connectivity index (χ1n) is 4.36. The second-order valence-electron chi connectivity index (χ2n) is 2.99. The molecule has 0 fully saturated rings. The van der Waals surface area contributed by atoms with E-state index in [1.807, 2.05) is 0 Å². The quantitative estimate of drug-likeness (QED) is 0.693. The fourth-order valence-corrected chi connectivity index (χ4v) is 1.22. The van der Waals surface area contributed by atoms with E-state index in [0.29, 0.717) is 5.56 Å². The Hall–Kier alpha value is -2.04. The van der Waals surface area contributed by atoms with E-state index in [2.05, 4.69) is 5.32 Å². The largest absolute Gasteiger partial charge is 0.481 e. The molecule has 0 radical (unpaired) electrons. The van der Waals surface area contributed by atoms with Gasteiger partial charge in [-0.05, 0) is 5.56 Å². The average molecular weight is 209 g/mol. The highest BCUT2D eigenvalue weighted by Crippen LogP contribution is 2.14. The molecule has 3 N–H and O–H groups in total. The van der Waals surface area contributed by atoms with E-state index in [1.54, 1.807) is 30.3 Å². The maximum atomic E-state index is 10.9. The van der Waals surface area contributed by atoms with Crippen molar-refractivity contribution in [3.05, 3.63) is 35.9 Å². The molecule has 80 valence electrons. The average Bonchev–Trinajstić information content (AvgIpc) is 2.18. The van der Waals surface area contributed by atoms with Crippen LogP contribution in [0.4, 0.5) is 4.79 Å². The molecule has 1 aromatic rings. The van der Waals surface area contributed by atoms with Crippen LogP contribution in [0.3, 0.4) is 0 Å². The molecule has 5 heteroatoms.